The summed E-state index contributed by atoms with van der Waals surface area (Å²) in [4.78, 5) is 16.4. The predicted octanol–water partition coefficient (Wildman–Crippen LogP) is 1.31. The van der Waals surface area contributed by atoms with Gasteiger partial charge in [0.2, 0.25) is 0 Å². The average Bonchev–Trinajstić information content (AvgIpc) is 2.56. The molecule has 0 aromatic rings. The van der Waals surface area contributed by atoms with Gasteiger partial charge in [-0.15, -0.1) is 0 Å². The van der Waals surface area contributed by atoms with Gasteiger partial charge in [0.1, 0.15) is 0 Å². The third-order valence-electron chi connectivity index (χ3n) is 2.12. The lowest BCUT2D eigenvalue weighted by Gasteiger charge is -2.22. The lowest BCUT2D eigenvalue weighted by atomic mass is 10.4. The van der Waals surface area contributed by atoms with E-state index in [1.165, 1.54) is 17.2 Å². The summed E-state index contributed by atoms with van der Waals surface area (Å²) in [5.74, 6) is -2.19. The van der Waals surface area contributed by atoms with E-state index in [9.17, 15) is 18.0 Å². The topological polar surface area (TPSA) is 58.8 Å². The summed E-state index contributed by atoms with van der Waals surface area (Å²) in [6.45, 7) is 0. The summed E-state index contributed by atoms with van der Waals surface area (Å²) in [7, 11) is 0. The highest BCUT2D eigenvalue weighted by Crippen LogP contribution is 2.26. The summed E-state index contributed by atoms with van der Waals surface area (Å²) < 4.78 is 36.3. The minimum absolute atomic E-state index is 0.123. The standard InChI is InChI=1S/C10H8F3N3O2/c11-10(12,13)9(17)18-16-6-5-15-4-2-1-3-7(14)8(15)16/h1-6H,14H2. The molecule has 96 valence electrons. The van der Waals surface area contributed by atoms with Crippen molar-refractivity contribution in [2.75, 3.05) is 0 Å². The van der Waals surface area contributed by atoms with Gasteiger partial charge in [-0.25, -0.2) is 4.79 Å². The third-order valence-corrected chi connectivity index (χ3v) is 2.12. The van der Waals surface area contributed by atoms with Crippen molar-refractivity contribution in [3.8, 4) is 0 Å². The van der Waals surface area contributed by atoms with Gasteiger partial charge in [0.15, 0.2) is 5.82 Å². The van der Waals surface area contributed by atoms with E-state index in [-0.39, 0.29) is 11.5 Å². The molecule has 2 rings (SSSR count). The normalized spacial score (nSPS) is 18.2. The Bertz CT molecular complexity index is 491. The second kappa shape index (κ2) is 4.13. The molecule has 0 spiro atoms. The molecule has 0 aromatic heterocycles. The summed E-state index contributed by atoms with van der Waals surface area (Å²) in [6, 6.07) is 0. The molecule has 0 saturated heterocycles. The maximum absolute atomic E-state index is 12.1. The number of carbonyl (C=O) groups is 1. The molecule has 0 unspecified atom stereocenters. The Labute approximate surface area is 99.8 Å². The number of hydrogen-bond acceptors (Lipinski definition) is 5. The number of fused-ring (bicyclic) bond motifs is 1. The molecule has 2 N–H and O–H groups in total. The van der Waals surface area contributed by atoms with Crippen molar-refractivity contribution in [2.24, 2.45) is 5.73 Å². The number of hydroxylamine groups is 2. The van der Waals surface area contributed by atoms with Crippen LogP contribution < -0.4 is 5.73 Å². The number of nitrogens with zero attached hydrogens (tertiary/aromatic N) is 2. The zero-order valence-electron chi connectivity index (χ0n) is 8.89. The Kier molecular flexibility index (Phi) is 2.77. The van der Waals surface area contributed by atoms with Crippen molar-refractivity contribution >= 4 is 5.97 Å². The van der Waals surface area contributed by atoms with Gasteiger partial charge >= 0.3 is 12.1 Å². The van der Waals surface area contributed by atoms with Crippen LogP contribution >= 0.6 is 0 Å². The molecule has 0 amide bonds. The van der Waals surface area contributed by atoms with Crippen LogP contribution in [0.5, 0.6) is 0 Å². The van der Waals surface area contributed by atoms with E-state index in [2.05, 4.69) is 4.84 Å². The molecule has 2 aliphatic rings. The van der Waals surface area contributed by atoms with Crippen LogP contribution in [0.25, 0.3) is 0 Å². The van der Waals surface area contributed by atoms with Crippen molar-refractivity contribution in [2.45, 2.75) is 6.18 Å². The fourth-order valence-corrected chi connectivity index (χ4v) is 1.37. The maximum Gasteiger partial charge on any atom is 0.493 e. The predicted molar refractivity (Wildman–Crippen MR) is 54.5 cm³/mol. The van der Waals surface area contributed by atoms with Crippen LogP contribution in [0.1, 0.15) is 0 Å². The highest BCUT2D eigenvalue weighted by molar-refractivity contribution is 5.75. The van der Waals surface area contributed by atoms with Gasteiger partial charge in [-0.3, -0.25) is 0 Å². The third kappa shape index (κ3) is 2.17. The highest BCUT2D eigenvalue weighted by atomic mass is 19.4. The molecule has 0 atom stereocenters. The van der Waals surface area contributed by atoms with Crippen LogP contribution in [0.3, 0.4) is 0 Å². The first-order chi connectivity index (χ1) is 8.39. The summed E-state index contributed by atoms with van der Waals surface area (Å²) in [5.41, 5.74) is 5.82. The number of carbonyl (C=O) groups excluding carboxylic acids is 1. The van der Waals surface area contributed by atoms with Crippen molar-refractivity contribution in [3.63, 3.8) is 0 Å². The van der Waals surface area contributed by atoms with Crippen LogP contribution in [0, 0.1) is 0 Å². The summed E-state index contributed by atoms with van der Waals surface area (Å²) in [6.07, 6.45) is 3.80. The van der Waals surface area contributed by atoms with Crippen LogP contribution in [-0.2, 0) is 9.63 Å². The Balaban J connectivity index is 2.21. The fraction of sp³-hybridized carbons (Fsp3) is 0.100. The second-order valence-electron chi connectivity index (χ2n) is 3.39. The van der Waals surface area contributed by atoms with Gasteiger partial charge < -0.3 is 15.5 Å². The van der Waals surface area contributed by atoms with Crippen molar-refractivity contribution < 1.29 is 22.8 Å². The van der Waals surface area contributed by atoms with Gasteiger partial charge in [-0.1, -0.05) is 6.08 Å². The van der Waals surface area contributed by atoms with E-state index in [0.717, 1.165) is 6.20 Å². The number of halogens is 3. The van der Waals surface area contributed by atoms with Gasteiger partial charge in [-0.05, 0) is 12.2 Å². The van der Waals surface area contributed by atoms with Gasteiger partial charge in [0, 0.05) is 12.4 Å². The Hall–Kier alpha value is -2.38. The number of hydrogen-bond donors (Lipinski definition) is 1. The zero-order valence-corrected chi connectivity index (χ0v) is 8.89. The van der Waals surface area contributed by atoms with E-state index in [0.29, 0.717) is 5.06 Å². The van der Waals surface area contributed by atoms with E-state index >= 15 is 0 Å². The van der Waals surface area contributed by atoms with Gasteiger partial charge in [0.25, 0.3) is 0 Å². The molecule has 18 heavy (non-hydrogen) atoms. The van der Waals surface area contributed by atoms with Crippen LogP contribution in [0.2, 0.25) is 0 Å². The van der Waals surface area contributed by atoms with Gasteiger partial charge in [-0.2, -0.15) is 18.2 Å². The lowest BCUT2D eigenvalue weighted by molar-refractivity contribution is -0.225. The van der Waals surface area contributed by atoms with E-state index in [1.54, 1.807) is 18.4 Å². The number of nitrogens with two attached hydrogens (primary N) is 1. The molecule has 2 aliphatic heterocycles. The Morgan fingerprint density at radius 2 is 1.94 bits per heavy atom. The second-order valence-corrected chi connectivity index (χ2v) is 3.39. The zero-order chi connectivity index (χ0) is 13.3. The molecule has 0 saturated carbocycles. The van der Waals surface area contributed by atoms with Crippen molar-refractivity contribution in [3.05, 3.63) is 48.3 Å². The average molecular weight is 259 g/mol. The SMILES string of the molecule is NC1=C2N(C=CC=C1)C=CN2OC(=O)C(F)(F)F. The monoisotopic (exact) mass is 259 g/mol. The first kappa shape index (κ1) is 12.1. The van der Waals surface area contributed by atoms with Crippen molar-refractivity contribution in [1.82, 2.24) is 9.96 Å². The Morgan fingerprint density at radius 1 is 1.22 bits per heavy atom. The molecule has 0 aliphatic carbocycles. The van der Waals surface area contributed by atoms with Crippen LogP contribution in [-0.4, -0.2) is 22.1 Å². The number of allylic oxidation sites excluding steroid dienone is 3. The molecule has 0 radical (unpaired) electrons. The van der Waals surface area contributed by atoms with Crippen LogP contribution in [0.4, 0.5) is 13.2 Å². The fourth-order valence-electron chi connectivity index (χ4n) is 1.37. The van der Waals surface area contributed by atoms with E-state index in [1.807, 2.05) is 0 Å². The first-order valence-electron chi connectivity index (χ1n) is 4.79. The molecule has 5 nitrogen and oxygen atoms in total. The van der Waals surface area contributed by atoms with Crippen molar-refractivity contribution in [1.29, 1.82) is 0 Å². The Morgan fingerprint density at radius 3 is 2.61 bits per heavy atom. The van der Waals surface area contributed by atoms with E-state index in [4.69, 9.17) is 5.73 Å². The molecular formula is C10H8F3N3O2. The van der Waals surface area contributed by atoms with Crippen LogP contribution in [0.15, 0.2) is 48.3 Å². The van der Waals surface area contributed by atoms with Gasteiger partial charge in [0.05, 0.1) is 11.9 Å². The first-order valence-corrected chi connectivity index (χ1v) is 4.79. The number of alkyl halides is 3. The molecule has 0 aromatic carbocycles. The molecule has 0 fully saturated rings. The minimum Gasteiger partial charge on any atom is -0.396 e. The smallest absolute Gasteiger partial charge is 0.396 e. The minimum atomic E-state index is -5.06. The summed E-state index contributed by atoms with van der Waals surface area (Å²) >= 11 is 0. The molecular weight excluding hydrogens is 251 g/mol. The molecule has 2 heterocycles. The number of rotatable bonds is 1. The largest absolute Gasteiger partial charge is 0.493 e. The highest BCUT2D eigenvalue weighted by Gasteiger charge is 2.43. The maximum atomic E-state index is 12.1. The van der Waals surface area contributed by atoms with E-state index < -0.39 is 12.1 Å². The summed E-state index contributed by atoms with van der Waals surface area (Å²) in [5, 5.41) is 0.672. The molecule has 0 bridgehead atoms. The molecule has 8 heteroatoms. The lowest BCUT2D eigenvalue weighted by Crippen LogP contribution is -2.33. The quantitative estimate of drug-likeness (QED) is 0.769.